The Kier molecular flexibility index (Phi) is 6.24. The average Bonchev–Trinajstić information content (AvgIpc) is 3.38. The second kappa shape index (κ2) is 8.93. The highest BCUT2D eigenvalue weighted by molar-refractivity contribution is 7.99. The Bertz CT molecular complexity index is 1070. The van der Waals surface area contributed by atoms with Crippen molar-refractivity contribution in [2.75, 3.05) is 31.6 Å². The van der Waals surface area contributed by atoms with Gasteiger partial charge in [-0.15, -0.1) is 11.3 Å². The summed E-state index contributed by atoms with van der Waals surface area (Å²) >= 11 is 5.40. The fraction of sp³-hybridized carbons (Fsp3) is 0.609. The molecule has 1 aliphatic carbocycles. The molecule has 3 aromatic heterocycles. The summed E-state index contributed by atoms with van der Waals surface area (Å²) in [6.45, 7) is 8.46. The molecule has 7 heteroatoms. The Balaban J connectivity index is 1.55. The van der Waals surface area contributed by atoms with Crippen molar-refractivity contribution in [2.45, 2.75) is 68.5 Å². The van der Waals surface area contributed by atoms with Crippen LogP contribution in [0.2, 0.25) is 0 Å². The normalized spacial score (nSPS) is 17.5. The van der Waals surface area contributed by atoms with E-state index in [4.69, 9.17) is 15.0 Å². The van der Waals surface area contributed by atoms with E-state index in [1.54, 1.807) is 16.7 Å². The average molecular weight is 460 g/mol. The van der Waals surface area contributed by atoms with Crippen LogP contribution in [0.1, 0.15) is 62.3 Å². The summed E-state index contributed by atoms with van der Waals surface area (Å²) in [5, 5.41) is 3.39. The van der Waals surface area contributed by atoms with E-state index in [0.29, 0.717) is 5.92 Å². The van der Waals surface area contributed by atoms with Crippen LogP contribution in [0.5, 0.6) is 0 Å². The van der Waals surface area contributed by atoms with Crippen molar-refractivity contribution in [3.05, 3.63) is 16.8 Å². The van der Waals surface area contributed by atoms with Crippen LogP contribution < -0.4 is 4.90 Å². The van der Waals surface area contributed by atoms with Gasteiger partial charge in [-0.3, -0.25) is 0 Å². The molecular weight excluding hydrogens is 428 g/mol. The highest BCUT2D eigenvalue weighted by atomic mass is 32.2. The fourth-order valence-electron chi connectivity index (χ4n) is 5.01. The number of thioether (sulfide) groups is 2. The van der Waals surface area contributed by atoms with Gasteiger partial charge in [0.15, 0.2) is 5.16 Å². The van der Waals surface area contributed by atoms with E-state index in [2.05, 4.69) is 20.1 Å². The lowest BCUT2D eigenvalue weighted by molar-refractivity contribution is -0.902. The summed E-state index contributed by atoms with van der Waals surface area (Å²) in [6.07, 6.45) is 9.86. The molecule has 0 spiro atoms. The van der Waals surface area contributed by atoms with E-state index >= 15 is 0 Å². The minimum absolute atomic E-state index is 0.473. The van der Waals surface area contributed by atoms with E-state index in [9.17, 15) is 0 Å². The van der Waals surface area contributed by atoms with E-state index in [-0.39, 0.29) is 0 Å². The SMILES string of the molecule is CSc1nc(SCC[NH+]2CCCCC2)c2sc3nc(C(C)C)c4c(c3c2n1)CCC4. The van der Waals surface area contributed by atoms with Crippen molar-refractivity contribution in [2.24, 2.45) is 0 Å². The third-order valence-electron chi connectivity index (χ3n) is 6.50. The van der Waals surface area contributed by atoms with Gasteiger partial charge in [0.25, 0.3) is 0 Å². The zero-order valence-electron chi connectivity index (χ0n) is 18.2. The molecule has 4 heterocycles. The molecule has 1 N–H and O–H groups in total. The number of piperidine rings is 1. The number of aryl methyl sites for hydroxylation is 1. The van der Waals surface area contributed by atoms with Gasteiger partial charge >= 0.3 is 0 Å². The van der Waals surface area contributed by atoms with Gasteiger partial charge in [0.2, 0.25) is 0 Å². The first-order valence-corrected chi connectivity index (χ1v) is 14.3. The third kappa shape index (κ3) is 3.87. The smallest absolute Gasteiger partial charge is 0.189 e. The van der Waals surface area contributed by atoms with Crippen LogP contribution in [0, 0.1) is 0 Å². The van der Waals surface area contributed by atoms with Gasteiger partial charge in [-0.05, 0) is 61.8 Å². The van der Waals surface area contributed by atoms with Crippen LogP contribution in [-0.2, 0) is 12.8 Å². The summed E-state index contributed by atoms with van der Waals surface area (Å²) in [5.74, 6) is 1.60. The highest BCUT2D eigenvalue weighted by Gasteiger charge is 2.26. The molecule has 1 saturated heterocycles. The molecule has 0 atom stereocenters. The predicted octanol–water partition coefficient (Wildman–Crippen LogP) is 4.73. The maximum Gasteiger partial charge on any atom is 0.189 e. The lowest BCUT2D eigenvalue weighted by atomic mass is 9.99. The second-order valence-corrected chi connectivity index (χ2v) is 11.7. The first-order valence-electron chi connectivity index (χ1n) is 11.3. The quantitative estimate of drug-likeness (QED) is 0.328. The zero-order chi connectivity index (χ0) is 20.7. The number of likely N-dealkylation sites (tertiary alicyclic amines) is 1. The van der Waals surface area contributed by atoms with Gasteiger partial charge in [0, 0.05) is 16.8 Å². The Morgan fingerprint density at radius 1 is 1.00 bits per heavy atom. The first kappa shape index (κ1) is 21.0. The van der Waals surface area contributed by atoms with Crippen molar-refractivity contribution in [1.29, 1.82) is 0 Å². The molecule has 0 saturated carbocycles. The van der Waals surface area contributed by atoms with Crippen LogP contribution in [0.3, 0.4) is 0 Å². The van der Waals surface area contributed by atoms with Gasteiger partial charge in [-0.25, -0.2) is 15.0 Å². The summed E-state index contributed by atoms with van der Waals surface area (Å²) in [7, 11) is 0. The Hall–Kier alpha value is -0.890. The lowest BCUT2D eigenvalue weighted by Crippen LogP contribution is -3.13. The number of hydrogen-bond donors (Lipinski definition) is 1. The van der Waals surface area contributed by atoms with Gasteiger partial charge in [0.1, 0.15) is 9.86 Å². The Morgan fingerprint density at radius 3 is 2.57 bits per heavy atom. The summed E-state index contributed by atoms with van der Waals surface area (Å²) < 4.78 is 1.25. The fourth-order valence-corrected chi connectivity index (χ4v) is 7.74. The minimum Gasteiger partial charge on any atom is -0.334 e. The lowest BCUT2D eigenvalue weighted by Gasteiger charge is -2.23. The number of pyridine rings is 1. The maximum absolute atomic E-state index is 5.16. The van der Waals surface area contributed by atoms with Crippen molar-refractivity contribution in [1.82, 2.24) is 15.0 Å². The first-order chi connectivity index (χ1) is 14.7. The molecule has 1 fully saturated rings. The van der Waals surface area contributed by atoms with E-state index in [1.807, 2.05) is 23.1 Å². The molecular formula is C23H31N4S3+. The number of hydrogen-bond acceptors (Lipinski definition) is 6. The van der Waals surface area contributed by atoms with Gasteiger partial charge in [0.05, 0.1) is 29.9 Å². The van der Waals surface area contributed by atoms with Crippen molar-refractivity contribution in [3.63, 3.8) is 0 Å². The molecule has 160 valence electrons. The topological polar surface area (TPSA) is 43.1 Å². The largest absolute Gasteiger partial charge is 0.334 e. The predicted molar refractivity (Wildman–Crippen MR) is 131 cm³/mol. The number of rotatable bonds is 6. The number of fused-ring (bicyclic) bond motifs is 5. The van der Waals surface area contributed by atoms with E-state index < -0.39 is 0 Å². The molecule has 5 rings (SSSR count). The summed E-state index contributed by atoms with van der Waals surface area (Å²) in [6, 6.07) is 0. The van der Waals surface area contributed by atoms with Crippen LogP contribution in [0.4, 0.5) is 0 Å². The van der Waals surface area contributed by atoms with Crippen LogP contribution >= 0.6 is 34.9 Å². The summed E-state index contributed by atoms with van der Waals surface area (Å²) in [5.41, 5.74) is 5.49. The maximum atomic E-state index is 5.16. The van der Waals surface area contributed by atoms with E-state index in [0.717, 1.165) is 16.4 Å². The number of quaternary nitrogens is 1. The molecule has 0 amide bonds. The van der Waals surface area contributed by atoms with Crippen molar-refractivity contribution >= 4 is 55.3 Å². The standard InChI is InChI=1S/C23H30N4S3/c1-14(2)18-16-9-7-8-15(16)17-19-20(30-21(17)24-18)22(26-23(25-19)28-3)29-13-12-27-10-5-4-6-11-27/h14H,4-13H2,1-3H3/p+1. The van der Waals surface area contributed by atoms with Gasteiger partial charge < -0.3 is 4.90 Å². The van der Waals surface area contributed by atoms with Crippen molar-refractivity contribution < 1.29 is 4.90 Å². The van der Waals surface area contributed by atoms with E-state index in [1.165, 1.54) is 94.9 Å². The number of nitrogens with zero attached hydrogens (tertiary/aromatic N) is 3. The van der Waals surface area contributed by atoms with Crippen LogP contribution in [0.25, 0.3) is 20.4 Å². The molecule has 1 aliphatic heterocycles. The zero-order valence-corrected chi connectivity index (χ0v) is 20.7. The molecule has 4 nitrogen and oxygen atoms in total. The minimum atomic E-state index is 0.473. The monoisotopic (exact) mass is 459 g/mol. The second-order valence-electron chi connectivity index (χ2n) is 8.85. The Labute approximate surface area is 191 Å². The molecule has 30 heavy (non-hydrogen) atoms. The molecule has 0 bridgehead atoms. The molecule has 2 aliphatic rings. The van der Waals surface area contributed by atoms with Crippen LogP contribution in [0.15, 0.2) is 10.2 Å². The molecule has 0 unspecified atom stereocenters. The van der Waals surface area contributed by atoms with Gasteiger partial charge in [-0.1, -0.05) is 37.4 Å². The Morgan fingerprint density at radius 2 is 1.80 bits per heavy atom. The molecule has 0 aromatic carbocycles. The number of aromatic nitrogens is 3. The summed E-state index contributed by atoms with van der Waals surface area (Å²) in [4.78, 5) is 18.0. The molecule has 0 radical (unpaired) electrons. The highest BCUT2D eigenvalue weighted by Crippen LogP contribution is 2.43. The van der Waals surface area contributed by atoms with Crippen molar-refractivity contribution in [3.8, 4) is 0 Å². The van der Waals surface area contributed by atoms with Crippen LogP contribution in [-0.4, -0.2) is 46.6 Å². The number of nitrogens with one attached hydrogen (secondary N) is 1. The number of thiophene rings is 1. The molecule has 3 aromatic rings. The van der Waals surface area contributed by atoms with Gasteiger partial charge in [-0.2, -0.15) is 0 Å². The third-order valence-corrected chi connectivity index (χ3v) is 9.23.